The molecule has 0 saturated carbocycles. The number of rotatable bonds is 7. The highest BCUT2D eigenvalue weighted by Crippen LogP contribution is 2.38. The van der Waals surface area contributed by atoms with Gasteiger partial charge in [-0.05, 0) is 51.8 Å². The summed E-state index contributed by atoms with van der Waals surface area (Å²) in [5, 5.41) is 1.42. The molecule has 11 nitrogen and oxygen atoms in total. The molecular weight excluding hydrogens is 524 g/mol. The number of hydrogen-bond donors (Lipinski definition) is 1. The van der Waals surface area contributed by atoms with Crippen LogP contribution in [-0.4, -0.2) is 72.1 Å². The number of fused-ring (bicyclic) bond motifs is 2. The Kier molecular flexibility index (Phi) is 7.53. The first-order valence-electron chi connectivity index (χ1n) is 14.4. The van der Waals surface area contributed by atoms with E-state index in [4.69, 9.17) is 24.2 Å². The third-order valence-electron chi connectivity index (χ3n) is 7.84. The molecule has 0 radical (unpaired) electrons. The van der Waals surface area contributed by atoms with Crippen LogP contribution < -0.4 is 30.5 Å². The predicted molar refractivity (Wildman–Crippen MR) is 159 cm³/mol. The first-order valence-corrected chi connectivity index (χ1v) is 14.4. The van der Waals surface area contributed by atoms with Crippen molar-refractivity contribution in [3.05, 3.63) is 56.7 Å². The lowest BCUT2D eigenvalue weighted by atomic mass is 10.0. The average Bonchev–Trinajstić information content (AvgIpc) is 2.98. The number of nitrogens with zero attached hydrogens (tertiary/aromatic N) is 5. The zero-order chi connectivity index (χ0) is 28.5. The number of H-pyrrole nitrogens is 1. The summed E-state index contributed by atoms with van der Waals surface area (Å²) in [5.41, 5.74) is 1.73. The Morgan fingerprint density at radius 3 is 2.32 bits per heavy atom. The van der Waals surface area contributed by atoms with Crippen molar-refractivity contribution in [2.45, 2.75) is 39.7 Å². The van der Waals surface area contributed by atoms with Crippen LogP contribution in [0.1, 0.15) is 38.3 Å². The Bertz CT molecular complexity index is 1690. The van der Waals surface area contributed by atoms with Crippen LogP contribution in [0.25, 0.3) is 21.8 Å². The van der Waals surface area contributed by atoms with Gasteiger partial charge < -0.3 is 29.0 Å². The molecule has 6 rings (SSSR count). The van der Waals surface area contributed by atoms with E-state index in [0.29, 0.717) is 80.7 Å². The zero-order valence-corrected chi connectivity index (χ0v) is 23.8. The monoisotopic (exact) mass is 560 g/mol. The number of aromatic amines is 1. The van der Waals surface area contributed by atoms with Gasteiger partial charge in [0, 0.05) is 43.7 Å². The average molecular weight is 561 g/mol. The van der Waals surface area contributed by atoms with E-state index in [9.17, 15) is 9.59 Å². The molecule has 2 saturated heterocycles. The Hall–Kier alpha value is -4.12. The lowest BCUT2D eigenvalue weighted by Crippen LogP contribution is -2.44. The molecule has 4 heterocycles. The van der Waals surface area contributed by atoms with E-state index in [-0.39, 0.29) is 17.3 Å². The fraction of sp³-hybridized carbons (Fsp3) is 0.467. The van der Waals surface area contributed by atoms with Crippen LogP contribution in [0.5, 0.6) is 11.5 Å². The number of morpholine rings is 1. The molecule has 0 unspecified atom stereocenters. The van der Waals surface area contributed by atoms with Crippen LogP contribution in [-0.2, 0) is 4.74 Å². The number of hydrogen-bond acceptors (Lipinski definition) is 9. The van der Waals surface area contributed by atoms with Gasteiger partial charge >= 0.3 is 5.69 Å². The molecule has 216 valence electrons. The maximum Gasteiger partial charge on any atom is 0.329 e. The number of nitrogens with one attached hydrogen (secondary N) is 1. The van der Waals surface area contributed by atoms with E-state index in [2.05, 4.69) is 14.8 Å². The van der Waals surface area contributed by atoms with Crippen molar-refractivity contribution in [1.29, 1.82) is 0 Å². The number of aromatic nitrogens is 4. The van der Waals surface area contributed by atoms with Crippen LogP contribution in [0.3, 0.4) is 0 Å². The Labute approximate surface area is 237 Å². The Morgan fingerprint density at radius 2 is 1.61 bits per heavy atom. The minimum Gasteiger partial charge on any atom is -0.490 e. The van der Waals surface area contributed by atoms with Crippen molar-refractivity contribution in [3.8, 4) is 11.5 Å². The highest BCUT2D eigenvalue weighted by Gasteiger charge is 2.28. The van der Waals surface area contributed by atoms with Gasteiger partial charge in [0.25, 0.3) is 5.56 Å². The van der Waals surface area contributed by atoms with E-state index in [1.165, 1.54) is 4.57 Å². The molecule has 2 fully saturated rings. The molecular formula is C30H36N6O5. The SMILES string of the molecule is CCOc1cc2nc(N3CCOCC3)nc(N3CCC(n4c(=O)[nH]c5ccc(C)cc5c4=O)CC3)c2cc1OCC. The molecule has 0 bridgehead atoms. The van der Waals surface area contributed by atoms with E-state index in [0.717, 1.165) is 35.4 Å². The van der Waals surface area contributed by atoms with E-state index in [1.54, 1.807) is 6.07 Å². The van der Waals surface area contributed by atoms with Crippen molar-refractivity contribution < 1.29 is 14.2 Å². The van der Waals surface area contributed by atoms with E-state index < -0.39 is 0 Å². The van der Waals surface area contributed by atoms with Crippen LogP contribution >= 0.6 is 0 Å². The lowest BCUT2D eigenvalue weighted by molar-refractivity contribution is 0.122. The Morgan fingerprint density at radius 1 is 0.902 bits per heavy atom. The smallest absolute Gasteiger partial charge is 0.329 e. The topological polar surface area (TPSA) is 115 Å². The standard InChI is InChI=1S/C30H36N6O5/c1-4-40-25-17-21-24(18-26(25)41-5-2)31-29(35-12-14-39-15-13-35)33-27(21)34-10-8-20(9-11-34)36-28(37)22-16-19(3)6-7-23(22)32-30(36)38/h6-7,16-18,20H,4-5,8-15H2,1-3H3,(H,32,38). The van der Waals surface area contributed by atoms with Gasteiger partial charge in [-0.3, -0.25) is 9.36 Å². The molecule has 0 spiro atoms. The molecule has 11 heteroatoms. The third kappa shape index (κ3) is 5.21. The second kappa shape index (κ2) is 11.4. The maximum atomic E-state index is 13.4. The first-order chi connectivity index (χ1) is 20.0. The summed E-state index contributed by atoms with van der Waals surface area (Å²) < 4.78 is 18.8. The second-order valence-electron chi connectivity index (χ2n) is 10.5. The van der Waals surface area contributed by atoms with Gasteiger partial charge in [-0.1, -0.05) is 11.6 Å². The van der Waals surface area contributed by atoms with Crippen LogP contribution in [0.15, 0.2) is 39.9 Å². The van der Waals surface area contributed by atoms with Crippen molar-refractivity contribution in [3.63, 3.8) is 0 Å². The summed E-state index contributed by atoms with van der Waals surface area (Å²) in [6.45, 7) is 10.8. The fourth-order valence-corrected chi connectivity index (χ4v) is 5.80. The molecule has 2 aromatic carbocycles. The Balaban J connectivity index is 1.36. The summed E-state index contributed by atoms with van der Waals surface area (Å²) in [6.07, 6.45) is 1.27. The first kappa shape index (κ1) is 27.1. The number of aryl methyl sites for hydroxylation is 1. The van der Waals surface area contributed by atoms with Crippen molar-refractivity contribution in [2.24, 2.45) is 0 Å². The lowest BCUT2D eigenvalue weighted by Gasteiger charge is -2.35. The normalized spacial score (nSPS) is 16.5. The van der Waals surface area contributed by atoms with Gasteiger partial charge in [0.2, 0.25) is 5.95 Å². The molecule has 0 aliphatic carbocycles. The zero-order valence-electron chi connectivity index (χ0n) is 23.8. The van der Waals surface area contributed by atoms with Crippen LogP contribution in [0, 0.1) is 6.92 Å². The van der Waals surface area contributed by atoms with E-state index in [1.807, 2.05) is 45.0 Å². The number of piperidine rings is 1. The fourth-order valence-electron chi connectivity index (χ4n) is 5.80. The molecule has 2 aromatic heterocycles. The quantitative estimate of drug-likeness (QED) is 0.363. The second-order valence-corrected chi connectivity index (χ2v) is 10.5. The molecule has 41 heavy (non-hydrogen) atoms. The third-order valence-corrected chi connectivity index (χ3v) is 7.84. The highest BCUT2D eigenvalue weighted by molar-refractivity contribution is 5.93. The van der Waals surface area contributed by atoms with Gasteiger partial charge in [0.05, 0.1) is 42.8 Å². The van der Waals surface area contributed by atoms with Gasteiger partial charge in [-0.15, -0.1) is 0 Å². The van der Waals surface area contributed by atoms with Gasteiger partial charge in [0.15, 0.2) is 11.5 Å². The molecule has 2 aliphatic heterocycles. The summed E-state index contributed by atoms with van der Waals surface area (Å²) in [6, 6.07) is 9.22. The van der Waals surface area contributed by atoms with E-state index >= 15 is 0 Å². The number of anilines is 2. The van der Waals surface area contributed by atoms with Crippen molar-refractivity contribution >= 4 is 33.6 Å². The largest absolute Gasteiger partial charge is 0.490 e. The maximum absolute atomic E-state index is 13.4. The molecule has 1 N–H and O–H groups in total. The summed E-state index contributed by atoms with van der Waals surface area (Å²) in [4.78, 5) is 43.7. The highest BCUT2D eigenvalue weighted by atomic mass is 16.5. The van der Waals surface area contributed by atoms with Crippen LogP contribution in [0.2, 0.25) is 0 Å². The molecule has 0 amide bonds. The predicted octanol–water partition coefficient (Wildman–Crippen LogP) is 3.42. The van der Waals surface area contributed by atoms with Crippen molar-refractivity contribution in [2.75, 3.05) is 62.4 Å². The molecule has 2 aliphatic rings. The number of benzene rings is 2. The van der Waals surface area contributed by atoms with Crippen molar-refractivity contribution in [1.82, 2.24) is 19.5 Å². The van der Waals surface area contributed by atoms with Gasteiger partial charge in [-0.25, -0.2) is 9.78 Å². The van der Waals surface area contributed by atoms with Gasteiger partial charge in [0.1, 0.15) is 5.82 Å². The molecule has 0 atom stereocenters. The number of ether oxygens (including phenoxy) is 3. The van der Waals surface area contributed by atoms with Gasteiger partial charge in [-0.2, -0.15) is 4.98 Å². The summed E-state index contributed by atoms with van der Waals surface area (Å²) in [5.74, 6) is 2.78. The van der Waals surface area contributed by atoms with Crippen LogP contribution in [0.4, 0.5) is 11.8 Å². The molecule has 4 aromatic rings. The minimum atomic E-state index is -0.364. The minimum absolute atomic E-state index is 0.206. The summed E-state index contributed by atoms with van der Waals surface area (Å²) >= 11 is 0. The summed E-state index contributed by atoms with van der Waals surface area (Å²) in [7, 11) is 0.